The lowest BCUT2D eigenvalue weighted by Crippen LogP contribution is -2.24. The van der Waals surface area contributed by atoms with Crippen LogP contribution in [-0.4, -0.2) is 13.1 Å². The van der Waals surface area contributed by atoms with Crippen molar-refractivity contribution in [3.63, 3.8) is 0 Å². The summed E-state index contributed by atoms with van der Waals surface area (Å²) < 4.78 is 15.8. The van der Waals surface area contributed by atoms with E-state index in [0.717, 1.165) is 5.56 Å². The van der Waals surface area contributed by atoms with Crippen LogP contribution in [0.4, 0.5) is 0 Å². The van der Waals surface area contributed by atoms with Gasteiger partial charge in [-0.25, -0.2) is 4.79 Å². The van der Waals surface area contributed by atoms with E-state index in [9.17, 15) is 4.79 Å². The third-order valence-electron chi connectivity index (χ3n) is 3.11. The van der Waals surface area contributed by atoms with Gasteiger partial charge in [-0.2, -0.15) is 0 Å². The monoisotopic (exact) mass is 244 g/mol. The second-order valence-corrected chi connectivity index (χ2v) is 4.11. The highest BCUT2D eigenvalue weighted by Gasteiger charge is 2.67. The maximum absolute atomic E-state index is 12.0. The van der Waals surface area contributed by atoms with Crippen molar-refractivity contribution in [3.8, 4) is 0 Å². The molecule has 1 aliphatic rings. The molecule has 2 heterocycles. The van der Waals surface area contributed by atoms with Gasteiger partial charge in [0.25, 0.3) is 0 Å². The summed E-state index contributed by atoms with van der Waals surface area (Å²) >= 11 is 0. The smallest absolute Gasteiger partial charge is 0.346 e. The van der Waals surface area contributed by atoms with Crippen molar-refractivity contribution in [1.29, 1.82) is 0 Å². The fourth-order valence-corrected chi connectivity index (χ4v) is 2.18. The van der Waals surface area contributed by atoms with Gasteiger partial charge in [-0.05, 0) is 17.7 Å². The minimum absolute atomic E-state index is 0.407. The molecule has 1 fully saturated rings. The molecule has 18 heavy (non-hydrogen) atoms. The summed E-state index contributed by atoms with van der Waals surface area (Å²) in [6.07, 6.45) is 1.15. The average molecular weight is 244 g/mol. The van der Waals surface area contributed by atoms with Crippen LogP contribution in [0.2, 0.25) is 0 Å². The van der Waals surface area contributed by atoms with E-state index in [1.165, 1.54) is 7.11 Å². The topological polar surface area (TPSA) is 52.0 Å². The van der Waals surface area contributed by atoms with Crippen LogP contribution in [0.5, 0.6) is 0 Å². The first-order chi connectivity index (χ1) is 8.79. The average Bonchev–Trinajstić information content (AvgIpc) is 2.96. The Morgan fingerprint density at radius 3 is 2.61 bits per heavy atom. The van der Waals surface area contributed by atoms with E-state index in [4.69, 9.17) is 13.9 Å². The minimum atomic E-state index is -1.06. The molecule has 0 bridgehead atoms. The molecule has 1 aromatic heterocycles. The zero-order valence-corrected chi connectivity index (χ0v) is 9.83. The van der Waals surface area contributed by atoms with Crippen LogP contribution in [-0.2, 0) is 19.9 Å². The molecule has 1 saturated heterocycles. The van der Waals surface area contributed by atoms with E-state index in [0.29, 0.717) is 5.76 Å². The highest BCUT2D eigenvalue weighted by atomic mass is 16.7. The molecule has 0 saturated carbocycles. The Morgan fingerprint density at radius 2 is 2.00 bits per heavy atom. The predicted molar refractivity (Wildman–Crippen MR) is 62.7 cm³/mol. The summed E-state index contributed by atoms with van der Waals surface area (Å²) in [4.78, 5) is 12.0. The Labute approximate surface area is 104 Å². The molecule has 3 rings (SSSR count). The van der Waals surface area contributed by atoms with Crippen molar-refractivity contribution in [1.82, 2.24) is 0 Å². The number of carbonyl (C=O) groups excluding carboxylic acids is 1. The number of carbonyl (C=O) groups is 1. The van der Waals surface area contributed by atoms with Crippen LogP contribution in [0.15, 0.2) is 53.1 Å². The summed E-state index contributed by atoms with van der Waals surface area (Å²) in [5.74, 6) is 0.222. The van der Waals surface area contributed by atoms with Gasteiger partial charge in [0, 0.05) is 0 Å². The largest absolute Gasteiger partial charge is 0.467 e. The molecule has 2 atom stereocenters. The van der Waals surface area contributed by atoms with E-state index in [2.05, 4.69) is 0 Å². The highest BCUT2D eigenvalue weighted by Crippen LogP contribution is 2.57. The molecule has 4 heteroatoms. The summed E-state index contributed by atoms with van der Waals surface area (Å²) in [6, 6.07) is 12.9. The molecule has 0 amide bonds. The van der Waals surface area contributed by atoms with Crippen molar-refractivity contribution < 1.29 is 18.7 Å². The van der Waals surface area contributed by atoms with Gasteiger partial charge in [-0.1, -0.05) is 30.3 Å². The highest BCUT2D eigenvalue weighted by molar-refractivity contribution is 5.85. The number of epoxide rings is 1. The normalized spacial score (nSPS) is 25.7. The molecule has 0 unspecified atom stereocenters. The van der Waals surface area contributed by atoms with Gasteiger partial charge in [0.05, 0.1) is 13.4 Å². The van der Waals surface area contributed by atoms with Crippen LogP contribution in [0.3, 0.4) is 0 Å². The lowest BCUT2D eigenvalue weighted by molar-refractivity contribution is -0.147. The van der Waals surface area contributed by atoms with Crippen LogP contribution < -0.4 is 0 Å². The first kappa shape index (κ1) is 11.0. The molecule has 0 spiro atoms. The maximum atomic E-state index is 12.0. The zero-order valence-electron chi connectivity index (χ0n) is 9.83. The van der Waals surface area contributed by atoms with Crippen LogP contribution in [0.1, 0.15) is 17.4 Å². The van der Waals surface area contributed by atoms with E-state index >= 15 is 0 Å². The number of ether oxygens (including phenoxy) is 2. The summed E-state index contributed by atoms with van der Waals surface area (Å²) in [6.45, 7) is 0. The summed E-state index contributed by atoms with van der Waals surface area (Å²) in [5, 5.41) is 0. The molecule has 4 nitrogen and oxygen atoms in total. The second-order valence-electron chi connectivity index (χ2n) is 4.11. The van der Waals surface area contributed by atoms with Gasteiger partial charge in [0.2, 0.25) is 5.60 Å². The predicted octanol–water partition coefficient (Wildman–Crippen LogP) is 2.42. The molecule has 1 aliphatic heterocycles. The Balaban J connectivity index is 2.01. The summed E-state index contributed by atoms with van der Waals surface area (Å²) in [5.41, 5.74) is -0.285. The fourth-order valence-electron chi connectivity index (χ4n) is 2.18. The quantitative estimate of drug-likeness (QED) is 0.614. The van der Waals surface area contributed by atoms with Crippen molar-refractivity contribution in [2.75, 3.05) is 7.11 Å². The number of hydrogen-bond acceptors (Lipinski definition) is 4. The number of furan rings is 1. The minimum Gasteiger partial charge on any atom is -0.467 e. The molecule has 2 aromatic rings. The lowest BCUT2D eigenvalue weighted by atomic mass is 9.94. The molecule has 1 aromatic carbocycles. The maximum Gasteiger partial charge on any atom is 0.346 e. The van der Waals surface area contributed by atoms with Crippen molar-refractivity contribution in [2.24, 2.45) is 0 Å². The molecule has 92 valence electrons. The standard InChI is InChI=1S/C14H12O4/c1-16-13(15)14(10-6-3-2-4-7-10)12(18-14)11-8-5-9-17-11/h2-9,12H,1H3/t12-,14-/m0/s1. The van der Waals surface area contributed by atoms with Crippen LogP contribution >= 0.6 is 0 Å². The fraction of sp³-hybridized carbons (Fsp3) is 0.214. The van der Waals surface area contributed by atoms with Gasteiger partial charge in [0.1, 0.15) is 5.76 Å². The van der Waals surface area contributed by atoms with Crippen molar-refractivity contribution >= 4 is 5.97 Å². The van der Waals surface area contributed by atoms with Crippen molar-refractivity contribution in [2.45, 2.75) is 11.7 Å². The SMILES string of the molecule is COC(=O)[C@@]1(c2ccccc2)O[C@H]1c1ccco1. The Kier molecular flexibility index (Phi) is 2.45. The Bertz CT molecular complexity index is 546. The number of esters is 1. The molecular weight excluding hydrogens is 232 g/mol. The van der Waals surface area contributed by atoms with E-state index in [1.54, 1.807) is 18.4 Å². The third kappa shape index (κ3) is 1.46. The number of rotatable bonds is 3. The van der Waals surface area contributed by atoms with Crippen molar-refractivity contribution in [3.05, 3.63) is 60.1 Å². The van der Waals surface area contributed by atoms with E-state index < -0.39 is 17.7 Å². The Hall–Kier alpha value is -2.07. The molecule has 0 radical (unpaired) electrons. The van der Waals surface area contributed by atoms with Crippen LogP contribution in [0.25, 0.3) is 0 Å². The summed E-state index contributed by atoms with van der Waals surface area (Å²) in [7, 11) is 1.36. The van der Waals surface area contributed by atoms with Gasteiger partial charge in [-0.15, -0.1) is 0 Å². The second kappa shape index (κ2) is 3.99. The Morgan fingerprint density at radius 1 is 1.22 bits per heavy atom. The van der Waals surface area contributed by atoms with Gasteiger partial charge >= 0.3 is 5.97 Å². The molecule has 0 N–H and O–H groups in total. The lowest BCUT2D eigenvalue weighted by Gasteiger charge is -2.10. The molecule has 0 aliphatic carbocycles. The molecular formula is C14H12O4. The van der Waals surface area contributed by atoms with Gasteiger partial charge in [-0.3, -0.25) is 0 Å². The first-order valence-corrected chi connectivity index (χ1v) is 5.64. The third-order valence-corrected chi connectivity index (χ3v) is 3.11. The first-order valence-electron chi connectivity index (χ1n) is 5.64. The number of hydrogen-bond donors (Lipinski definition) is 0. The zero-order chi connectivity index (χ0) is 12.6. The number of benzene rings is 1. The van der Waals surface area contributed by atoms with Gasteiger partial charge in [0.15, 0.2) is 6.10 Å². The van der Waals surface area contributed by atoms with E-state index in [1.807, 2.05) is 30.3 Å². The van der Waals surface area contributed by atoms with E-state index in [-0.39, 0.29) is 0 Å². The van der Waals surface area contributed by atoms with Gasteiger partial charge < -0.3 is 13.9 Å². The number of methoxy groups -OCH3 is 1. The van der Waals surface area contributed by atoms with Crippen LogP contribution in [0, 0.1) is 0 Å².